The molecule has 7 nitrogen and oxygen atoms in total. The van der Waals surface area contributed by atoms with E-state index < -0.39 is 11.2 Å². The molecule has 0 fully saturated rings. The number of hydrogen-bond donors (Lipinski definition) is 2. The van der Waals surface area contributed by atoms with Gasteiger partial charge in [-0.15, -0.1) is 23.1 Å². The van der Waals surface area contributed by atoms with Gasteiger partial charge in [-0.05, 0) is 23.4 Å². The highest BCUT2D eigenvalue weighted by molar-refractivity contribution is 8.01. The van der Waals surface area contributed by atoms with Crippen LogP contribution in [-0.4, -0.2) is 21.2 Å². The minimum Gasteiger partial charge on any atom is -0.383 e. The SMILES string of the molecule is CCCCn1c(N)c(N(Cc2ccccc2)C(=O)CSc2cccs2)c(=O)[nH]c1=O. The zero-order valence-corrected chi connectivity index (χ0v) is 18.3. The molecule has 0 atom stereocenters. The fourth-order valence-electron chi connectivity index (χ4n) is 2.99. The van der Waals surface area contributed by atoms with Crippen LogP contribution in [0.3, 0.4) is 0 Å². The van der Waals surface area contributed by atoms with E-state index in [1.165, 1.54) is 21.2 Å². The Labute approximate surface area is 182 Å². The van der Waals surface area contributed by atoms with Crippen molar-refractivity contribution in [1.82, 2.24) is 9.55 Å². The number of H-pyrrole nitrogens is 1. The van der Waals surface area contributed by atoms with Gasteiger partial charge in [0.15, 0.2) is 5.69 Å². The van der Waals surface area contributed by atoms with Gasteiger partial charge in [0, 0.05) is 6.54 Å². The first-order chi connectivity index (χ1) is 14.5. The van der Waals surface area contributed by atoms with Crippen molar-refractivity contribution in [2.75, 3.05) is 16.4 Å². The summed E-state index contributed by atoms with van der Waals surface area (Å²) in [4.78, 5) is 41.9. The lowest BCUT2D eigenvalue weighted by molar-refractivity contribution is -0.116. The van der Waals surface area contributed by atoms with Crippen LogP contribution in [0.15, 0.2) is 61.6 Å². The number of rotatable bonds is 9. The van der Waals surface area contributed by atoms with E-state index in [9.17, 15) is 14.4 Å². The fraction of sp³-hybridized carbons (Fsp3) is 0.286. The third-order valence-electron chi connectivity index (χ3n) is 4.54. The molecule has 0 saturated heterocycles. The molecular formula is C21H24N4O3S2. The molecular weight excluding hydrogens is 420 g/mol. The molecule has 0 bridgehead atoms. The van der Waals surface area contributed by atoms with Crippen LogP contribution in [-0.2, 0) is 17.9 Å². The van der Waals surface area contributed by atoms with Gasteiger partial charge in [0.25, 0.3) is 5.56 Å². The predicted octanol–water partition coefficient (Wildman–Crippen LogP) is 3.31. The van der Waals surface area contributed by atoms with Crippen LogP contribution in [0, 0.1) is 0 Å². The molecule has 1 amide bonds. The van der Waals surface area contributed by atoms with E-state index >= 15 is 0 Å². The van der Waals surface area contributed by atoms with Crippen molar-refractivity contribution in [3.05, 3.63) is 74.2 Å². The van der Waals surface area contributed by atoms with Crippen LogP contribution in [0.1, 0.15) is 25.3 Å². The molecule has 0 spiro atoms. The smallest absolute Gasteiger partial charge is 0.330 e. The Balaban J connectivity index is 1.99. The molecule has 0 aliphatic heterocycles. The molecule has 3 N–H and O–H groups in total. The fourth-order valence-corrected chi connectivity index (χ4v) is 4.65. The van der Waals surface area contributed by atoms with Crippen LogP contribution in [0.25, 0.3) is 0 Å². The summed E-state index contributed by atoms with van der Waals surface area (Å²) in [7, 11) is 0. The zero-order valence-electron chi connectivity index (χ0n) is 16.7. The Kier molecular flexibility index (Phi) is 7.53. The number of hydrogen-bond acceptors (Lipinski definition) is 6. The van der Waals surface area contributed by atoms with E-state index in [0.29, 0.717) is 6.54 Å². The molecule has 2 aromatic heterocycles. The maximum atomic E-state index is 13.2. The van der Waals surface area contributed by atoms with Crippen LogP contribution in [0.2, 0.25) is 0 Å². The van der Waals surface area contributed by atoms with Gasteiger partial charge in [-0.1, -0.05) is 49.7 Å². The quantitative estimate of drug-likeness (QED) is 0.493. The Morgan fingerprint density at radius 3 is 2.63 bits per heavy atom. The predicted molar refractivity (Wildman–Crippen MR) is 123 cm³/mol. The van der Waals surface area contributed by atoms with Crippen molar-refractivity contribution >= 4 is 40.5 Å². The highest BCUT2D eigenvalue weighted by Crippen LogP contribution is 2.26. The number of nitrogen functional groups attached to an aromatic ring is 1. The standard InChI is InChI=1S/C21H24N4O3S2/c1-2-3-11-24-19(22)18(20(27)23-21(24)28)25(13-15-8-5-4-6-9-15)16(26)14-30-17-10-7-12-29-17/h4-10,12H,2-3,11,13-14,22H2,1H3,(H,23,27,28). The van der Waals surface area contributed by atoms with Crippen molar-refractivity contribution in [1.29, 1.82) is 0 Å². The van der Waals surface area contributed by atoms with Gasteiger partial charge in [-0.3, -0.25) is 24.0 Å². The largest absolute Gasteiger partial charge is 0.383 e. The number of thiophene rings is 1. The van der Waals surface area contributed by atoms with E-state index in [0.717, 1.165) is 22.6 Å². The lowest BCUT2D eigenvalue weighted by Gasteiger charge is -2.24. The van der Waals surface area contributed by atoms with Crippen LogP contribution in [0.5, 0.6) is 0 Å². The number of thioether (sulfide) groups is 1. The zero-order chi connectivity index (χ0) is 21.5. The van der Waals surface area contributed by atoms with Crippen molar-refractivity contribution in [3.63, 3.8) is 0 Å². The number of benzene rings is 1. The Morgan fingerprint density at radius 1 is 1.20 bits per heavy atom. The van der Waals surface area contributed by atoms with Gasteiger partial charge in [-0.2, -0.15) is 0 Å². The third kappa shape index (κ3) is 5.22. The van der Waals surface area contributed by atoms with E-state index in [4.69, 9.17) is 5.73 Å². The molecule has 0 aliphatic rings. The normalized spacial score (nSPS) is 10.8. The highest BCUT2D eigenvalue weighted by atomic mass is 32.2. The molecule has 3 aromatic rings. The highest BCUT2D eigenvalue weighted by Gasteiger charge is 2.24. The van der Waals surface area contributed by atoms with Gasteiger partial charge >= 0.3 is 5.69 Å². The van der Waals surface area contributed by atoms with Crippen molar-refractivity contribution in [2.24, 2.45) is 0 Å². The van der Waals surface area contributed by atoms with Gasteiger partial charge in [0.1, 0.15) is 5.82 Å². The Hall–Kier alpha value is -2.78. The van der Waals surface area contributed by atoms with Gasteiger partial charge < -0.3 is 5.73 Å². The van der Waals surface area contributed by atoms with Gasteiger partial charge in [0.05, 0.1) is 16.5 Å². The molecule has 0 unspecified atom stereocenters. The maximum Gasteiger partial charge on any atom is 0.330 e. The number of amides is 1. The number of carbonyl (C=O) groups is 1. The van der Waals surface area contributed by atoms with Crippen molar-refractivity contribution in [2.45, 2.75) is 37.1 Å². The monoisotopic (exact) mass is 444 g/mol. The van der Waals surface area contributed by atoms with E-state index in [1.54, 1.807) is 11.3 Å². The molecule has 9 heteroatoms. The second kappa shape index (κ2) is 10.3. The van der Waals surface area contributed by atoms with E-state index in [1.807, 2.05) is 54.8 Å². The molecule has 0 aliphatic carbocycles. The molecule has 30 heavy (non-hydrogen) atoms. The molecule has 2 heterocycles. The van der Waals surface area contributed by atoms with Crippen LogP contribution >= 0.6 is 23.1 Å². The Bertz CT molecular complexity index is 1090. The molecule has 3 rings (SSSR count). The maximum absolute atomic E-state index is 13.2. The second-order valence-electron chi connectivity index (χ2n) is 6.68. The summed E-state index contributed by atoms with van der Waals surface area (Å²) in [6.07, 6.45) is 1.60. The summed E-state index contributed by atoms with van der Waals surface area (Å²) in [5.41, 5.74) is 5.91. The molecule has 158 valence electrons. The van der Waals surface area contributed by atoms with Crippen molar-refractivity contribution < 1.29 is 4.79 Å². The summed E-state index contributed by atoms with van der Waals surface area (Å²) in [5, 5.41) is 1.95. The second-order valence-corrected chi connectivity index (χ2v) is 8.91. The van der Waals surface area contributed by atoms with Crippen LogP contribution < -0.4 is 21.9 Å². The average molecular weight is 445 g/mol. The third-order valence-corrected chi connectivity index (χ3v) is 6.65. The summed E-state index contributed by atoms with van der Waals surface area (Å²) < 4.78 is 2.34. The number of nitrogens with two attached hydrogens (primary N) is 1. The van der Waals surface area contributed by atoms with Crippen molar-refractivity contribution in [3.8, 4) is 0 Å². The number of aromatic amines is 1. The van der Waals surface area contributed by atoms with Gasteiger partial charge in [0.2, 0.25) is 5.91 Å². The molecule has 1 aromatic carbocycles. The number of nitrogens with zero attached hydrogens (tertiary/aromatic N) is 2. The average Bonchev–Trinajstić information content (AvgIpc) is 3.25. The van der Waals surface area contributed by atoms with E-state index in [2.05, 4.69) is 4.98 Å². The number of nitrogens with one attached hydrogen (secondary N) is 1. The summed E-state index contributed by atoms with van der Waals surface area (Å²) in [6, 6.07) is 13.2. The first-order valence-corrected chi connectivity index (χ1v) is 11.5. The minimum absolute atomic E-state index is 0.0163. The van der Waals surface area contributed by atoms with Gasteiger partial charge in [-0.25, -0.2) is 4.79 Å². The van der Waals surface area contributed by atoms with E-state index in [-0.39, 0.29) is 29.7 Å². The number of anilines is 2. The lowest BCUT2D eigenvalue weighted by Crippen LogP contribution is -2.41. The number of unbranched alkanes of at least 4 members (excludes halogenated alkanes) is 1. The first-order valence-electron chi connectivity index (χ1n) is 9.64. The molecule has 0 saturated carbocycles. The Morgan fingerprint density at radius 2 is 1.97 bits per heavy atom. The summed E-state index contributed by atoms with van der Waals surface area (Å²) >= 11 is 2.96. The molecule has 0 radical (unpaired) electrons. The summed E-state index contributed by atoms with van der Waals surface area (Å²) in [5.74, 6) is -0.0851. The minimum atomic E-state index is -0.657. The first kappa shape index (κ1) is 21.9. The summed E-state index contributed by atoms with van der Waals surface area (Å²) in [6.45, 7) is 2.56. The lowest BCUT2D eigenvalue weighted by atomic mass is 10.2. The number of carbonyl (C=O) groups excluding carboxylic acids is 1. The van der Waals surface area contributed by atoms with Crippen LogP contribution in [0.4, 0.5) is 11.5 Å². The number of aromatic nitrogens is 2. The topological polar surface area (TPSA) is 101 Å².